The van der Waals surface area contributed by atoms with E-state index in [-0.39, 0.29) is 17.7 Å². The fraction of sp³-hybridized carbons (Fsp3) is 0.567. The summed E-state index contributed by atoms with van der Waals surface area (Å²) in [5, 5.41) is 13.2. The second kappa shape index (κ2) is 20.0. The van der Waals surface area contributed by atoms with Crippen LogP contribution in [0.2, 0.25) is 0 Å². The first-order valence-corrected chi connectivity index (χ1v) is 14.4. The Bertz CT molecular complexity index is 1050. The van der Waals surface area contributed by atoms with Crippen LogP contribution in [-0.2, 0) is 23.9 Å². The van der Waals surface area contributed by atoms with Gasteiger partial charge in [-0.2, -0.15) is 0 Å². The molecule has 0 radical (unpaired) electrons. The maximum absolute atomic E-state index is 13.6. The highest BCUT2D eigenvalue weighted by Crippen LogP contribution is 2.18. The van der Waals surface area contributed by atoms with Gasteiger partial charge in [0.2, 0.25) is 17.7 Å². The number of esters is 1. The highest BCUT2D eigenvalue weighted by atomic mass is 19.1. The fourth-order valence-corrected chi connectivity index (χ4v) is 3.96. The van der Waals surface area contributed by atoms with E-state index in [1.54, 1.807) is 32.1 Å². The first-order valence-electron chi connectivity index (χ1n) is 14.4. The largest absolute Gasteiger partial charge is 0.467 e. The molecule has 1 heterocycles. The summed E-state index contributed by atoms with van der Waals surface area (Å²) in [6.07, 6.45) is 12.5. The number of rotatable bonds is 8. The van der Waals surface area contributed by atoms with Gasteiger partial charge in [0, 0.05) is 12.6 Å². The zero-order valence-electron chi connectivity index (χ0n) is 25.3. The summed E-state index contributed by atoms with van der Waals surface area (Å²) in [4.78, 5) is 61.9. The second-order valence-electron chi connectivity index (χ2n) is 10.3. The Morgan fingerprint density at radius 3 is 2.52 bits per heavy atom. The van der Waals surface area contributed by atoms with Crippen LogP contribution >= 0.6 is 0 Å². The summed E-state index contributed by atoms with van der Waals surface area (Å²) < 4.78 is 18.2. The van der Waals surface area contributed by atoms with Crippen molar-refractivity contribution in [3.63, 3.8) is 0 Å². The molecule has 0 bridgehead atoms. The molecule has 42 heavy (non-hydrogen) atoms. The lowest BCUT2D eigenvalue weighted by molar-refractivity contribution is -0.144. The van der Waals surface area contributed by atoms with Crippen molar-refractivity contribution < 1.29 is 33.1 Å². The monoisotopic (exact) mass is 591 g/mol. The Morgan fingerprint density at radius 2 is 1.86 bits per heavy atom. The molecule has 12 heteroatoms. The number of urea groups is 1. The number of hydrogen-bond acceptors (Lipinski definition) is 6. The lowest BCUT2D eigenvalue weighted by Crippen LogP contribution is -2.53. The van der Waals surface area contributed by atoms with Crippen molar-refractivity contribution in [3.8, 4) is 0 Å². The van der Waals surface area contributed by atoms with E-state index in [0.717, 1.165) is 5.57 Å². The molecule has 0 fully saturated rings. The van der Waals surface area contributed by atoms with E-state index in [0.29, 0.717) is 38.6 Å². The van der Waals surface area contributed by atoms with Gasteiger partial charge in [0.25, 0.3) is 0 Å². The Hall–Kier alpha value is -3.96. The molecule has 0 aromatic heterocycles. The maximum Gasteiger partial charge on any atom is 0.328 e. The highest BCUT2D eigenvalue weighted by molar-refractivity contribution is 5.91. The summed E-state index contributed by atoms with van der Waals surface area (Å²) in [5.41, 5.74) is 0.851. The molecule has 2 rings (SSSR count). The predicted octanol–water partition coefficient (Wildman–Crippen LogP) is 2.86. The molecule has 3 atom stereocenters. The van der Waals surface area contributed by atoms with Gasteiger partial charge in [-0.15, -0.1) is 0 Å². The Balaban J connectivity index is 0.00000281. The number of methoxy groups -OCH3 is 1. The molecule has 0 aromatic rings. The molecule has 0 saturated carbocycles. The minimum atomic E-state index is -0.883. The van der Waals surface area contributed by atoms with Crippen molar-refractivity contribution in [3.05, 3.63) is 47.9 Å². The topological polar surface area (TPSA) is 155 Å². The smallest absolute Gasteiger partial charge is 0.328 e. The van der Waals surface area contributed by atoms with E-state index in [4.69, 9.17) is 0 Å². The number of carbonyl (C=O) groups is 5. The molecule has 0 aromatic carbocycles. The van der Waals surface area contributed by atoms with Crippen molar-refractivity contribution in [2.24, 2.45) is 5.92 Å². The quantitative estimate of drug-likeness (QED) is 0.274. The molecular formula is C30H46FN5O6. The zero-order valence-corrected chi connectivity index (χ0v) is 25.3. The summed E-state index contributed by atoms with van der Waals surface area (Å²) >= 11 is 0. The van der Waals surface area contributed by atoms with Crippen LogP contribution in [-0.4, -0.2) is 68.0 Å². The third kappa shape index (κ3) is 14.6. The van der Waals surface area contributed by atoms with E-state index in [2.05, 4.69) is 45.2 Å². The Morgan fingerprint density at radius 1 is 1.14 bits per heavy atom. The molecule has 1 unspecified atom stereocenters. The summed E-state index contributed by atoms with van der Waals surface area (Å²) in [7, 11) is 1.22. The molecular weight excluding hydrogens is 545 g/mol. The van der Waals surface area contributed by atoms with Gasteiger partial charge in [-0.25, -0.2) is 14.0 Å². The molecule has 0 saturated heterocycles. The average molecular weight is 592 g/mol. The highest BCUT2D eigenvalue weighted by Gasteiger charge is 2.26. The van der Waals surface area contributed by atoms with Gasteiger partial charge in [0.1, 0.15) is 17.9 Å². The average Bonchev–Trinajstić information content (AvgIpc) is 3.15. The second-order valence-corrected chi connectivity index (χ2v) is 10.3. The van der Waals surface area contributed by atoms with Crippen LogP contribution in [0.4, 0.5) is 9.18 Å². The number of hydrogen-bond donors (Lipinski definition) is 5. The normalized spacial score (nSPS) is 20.7. The fourth-order valence-electron chi connectivity index (χ4n) is 3.96. The number of amides is 5. The van der Waals surface area contributed by atoms with Crippen LogP contribution in [0.1, 0.15) is 66.2 Å². The molecule has 1 aliphatic carbocycles. The van der Waals surface area contributed by atoms with E-state index >= 15 is 0 Å². The zero-order chi connectivity index (χ0) is 31.5. The van der Waals surface area contributed by atoms with Gasteiger partial charge < -0.3 is 31.3 Å². The summed E-state index contributed by atoms with van der Waals surface area (Å²) in [6.45, 7) is 7.72. The third-order valence-electron chi connectivity index (χ3n) is 6.12. The van der Waals surface area contributed by atoms with E-state index in [1.807, 2.05) is 0 Å². The van der Waals surface area contributed by atoms with Crippen LogP contribution in [0.25, 0.3) is 0 Å². The van der Waals surface area contributed by atoms with Gasteiger partial charge >= 0.3 is 12.0 Å². The summed E-state index contributed by atoms with van der Waals surface area (Å²) in [5.74, 6) is -2.50. The minimum Gasteiger partial charge on any atom is -0.467 e. The predicted molar refractivity (Wildman–Crippen MR) is 159 cm³/mol. The number of ether oxygens (including phenoxy) is 1. The number of carbonyl (C=O) groups excluding carboxylic acids is 5. The third-order valence-corrected chi connectivity index (χ3v) is 6.12. The number of allylic oxidation sites excluding steroid dienone is 5. The molecule has 5 N–H and O–H groups in total. The molecule has 0 spiro atoms. The minimum absolute atomic E-state index is 0.233. The molecule has 2 aliphatic rings. The van der Waals surface area contributed by atoms with Crippen LogP contribution in [0.15, 0.2) is 47.9 Å². The standard InChI is InChI=1S/C27H38FN5O6.C3H8/c1-17(2)24(26(37)39-3)33-27(38)30-16-23(35)32-21-9-4-5-14-29-22(34)13-12-20(31-25(21)36)15-18-7-6-8-19(28)11-10-18;1-3-2/h6-8,11-13,17,20-21,24H,4-5,9-10,14-16H2,1-3H3,(H,29,34)(H,31,36)(H,32,35)(H2,30,33,38);3H2,1-2H3/b13-12+;/t20-,21+,24?;/m1./s1. The van der Waals surface area contributed by atoms with Gasteiger partial charge in [0.05, 0.1) is 19.7 Å². The van der Waals surface area contributed by atoms with Crippen LogP contribution in [0, 0.1) is 5.92 Å². The maximum atomic E-state index is 13.6. The SMILES string of the molecule is CCC.COC(=O)C(NC(=O)NCC(=O)N[C@H]1CCCCNC(=O)/C=C/[C@H](CC2=CC=CC(F)=CC2)NC1=O)C(C)C. The first-order chi connectivity index (χ1) is 20.0. The van der Waals surface area contributed by atoms with Gasteiger partial charge in [0.15, 0.2) is 0 Å². The van der Waals surface area contributed by atoms with Gasteiger partial charge in [-0.3, -0.25) is 14.4 Å². The Kier molecular flexibility index (Phi) is 17.2. The van der Waals surface area contributed by atoms with Crippen LogP contribution in [0.5, 0.6) is 0 Å². The lowest BCUT2D eigenvalue weighted by Gasteiger charge is -2.23. The lowest BCUT2D eigenvalue weighted by atomic mass is 10.0. The van der Waals surface area contributed by atoms with E-state index in [1.165, 1.54) is 31.8 Å². The van der Waals surface area contributed by atoms with Gasteiger partial charge in [-0.1, -0.05) is 57.9 Å². The Labute approximate surface area is 247 Å². The molecule has 234 valence electrons. The van der Waals surface area contributed by atoms with Crippen molar-refractivity contribution >= 4 is 29.7 Å². The summed E-state index contributed by atoms with van der Waals surface area (Å²) in [6, 6.07) is -3.07. The van der Waals surface area contributed by atoms with Crippen LogP contribution in [0.3, 0.4) is 0 Å². The first kappa shape index (κ1) is 36.1. The van der Waals surface area contributed by atoms with E-state index < -0.39 is 48.5 Å². The van der Waals surface area contributed by atoms with Crippen molar-refractivity contribution in [1.29, 1.82) is 0 Å². The molecule has 11 nitrogen and oxygen atoms in total. The number of halogens is 1. The van der Waals surface area contributed by atoms with Gasteiger partial charge in [-0.05, 0) is 50.2 Å². The van der Waals surface area contributed by atoms with Crippen molar-refractivity contribution in [2.45, 2.75) is 84.3 Å². The van der Waals surface area contributed by atoms with E-state index in [9.17, 15) is 28.4 Å². The van der Waals surface area contributed by atoms with Crippen molar-refractivity contribution in [2.75, 3.05) is 20.2 Å². The van der Waals surface area contributed by atoms with Crippen LogP contribution < -0.4 is 26.6 Å². The number of nitrogens with one attached hydrogen (secondary N) is 5. The molecule has 1 aliphatic heterocycles. The van der Waals surface area contributed by atoms with Crippen molar-refractivity contribution in [1.82, 2.24) is 26.6 Å². The molecule has 5 amide bonds.